The summed E-state index contributed by atoms with van der Waals surface area (Å²) in [6.07, 6.45) is 5.96. The number of fused-ring (bicyclic) bond motifs is 1. The van der Waals surface area contributed by atoms with E-state index in [-0.39, 0.29) is 0 Å². The molecule has 1 N–H and O–H groups in total. The van der Waals surface area contributed by atoms with Gasteiger partial charge in [-0.05, 0) is 24.1 Å². The Kier molecular flexibility index (Phi) is 2.69. The van der Waals surface area contributed by atoms with Gasteiger partial charge in [0, 0.05) is 31.9 Å². The molecule has 1 aliphatic heterocycles. The second-order valence-corrected chi connectivity index (χ2v) is 4.61. The number of aryl methyl sites for hydroxylation is 1. The standard InChI is InChI=1S/C14H17N3/c1-17-9-8-16-14(17)10-13-12-5-3-2-4-11(12)6-7-15-13/h2-5,8-9,13,15H,6-7,10H2,1H3. The summed E-state index contributed by atoms with van der Waals surface area (Å²) in [5.74, 6) is 1.14. The summed E-state index contributed by atoms with van der Waals surface area (Å²) in [5, 5.41) is 3.59. The Morgan fingerprint density at radius 2 is 2.29 bits per heavy atom. The monoisotopic (exact) mass is 227 g/mol. The SMILES string of the molecule is Cn1ccnc1CC1NCCc2ccccc21. The Morgan fingerprint density at radius 1 is 1.41 bits per heavy atom. The summed E-state index contributed by atoms with van der Waals surface area (Å²) in [6.45, 7) is 1.06. The number of hydrogen-bond donors (Lipinski definition) is 1. The van der Waals surface area contributed by atoms with E-state index < -0.39 is 0 Å². The maximum absolute atomic E-state index is 4.41. The van der Waals surface area contributed by atoms with Gasteiger partial charge in [-0.3, -0.25) is 0 Å². The third-order valence-corrected chi connectivity index (χ3v) is 3.52. The molecule has 1 aromatic carbocycles. The zero-order valence-electron chi connectivity index (χ0n) is 10.1. The number of rotatable bonds is 2. The highest BCUT2D eigenvalue weighted by atomic mass is 15.0. The van der Waals surface area contributed by atoms with Crippen molar-refractivity contribution >= 4 is 0 Å². The smallest absolute Gasteiger partial charge is 0.110 e. The highest BCUT2D eigenvalue weighted by Crippen LogP contribution is 2.25. The first-order chi connectivity index (χ1) is 8.34. The van der Waals surface area contributed by atoms with Gasteiger partial charge in [0.15, 0.2) is 0 Å². The molecule has 1 unspecified atom stereocenters. The van der Waals surface area contributed by atoms with Gasteiger partial charge in [-0.25, -0.2) is 4.98 Å². The van der Waals surface area contributed by atoms with Gasteiger partial charge in [-0.2, -0.15) is 0 Å². The van der Waals surface area contributed by atoms with Crippen molar-refractivity contribution < 1.29 is 0 Å². The van der Waals surface area contributed by atoms with Crippen molar-refractivity contribution in [1.82, 2.24) is 14.9 Å². The van der Waals surface area contributed by atoms with Crippen molar-refractivity contribution in [3.8, 4) is 0 Å². The van der Waals surface area contributed by atoms with Crippen LogP contribution in [0.3, 0.4) is 0 Å². The third-order valence-electron chi connectivity index (χ3n) is 3.52. The predicted molar refractivity (Wildman–Crippen MR) is 67.8 cm³/mol. The Balaban J connectivity index is 1.88. The van der Waals surface area contributed by atoms with Crippen LogP contribution >= 0.6 is 0 Å². The van der Waals surface area contributed by atoms with E-state index >= 15 is 0 Å². The Hall–Kier alpha value is -1.61. The number of nitrogens with zero attached hydrogens (tertiary/aromatic N) is 2. The minimum absolute atomic E-state index is 0.404. The quantitative estimate of drug-likeness (QED) is 0.848. The molecular weight excluding hydrogens is 210 g/mol. The van der Waals surface area contributed by atoms with Gasteiger partial charge in [-0.1, -0.05) is 24.3 Å². The van der Waals surface area contributed by atoms with Crippen molar-refractivity contribution in [2.24, 2.45) is 7.05 Å². The van der Waals surface area contributed by atoms with Crippen molar-refractivity contribution in [2.45, 2.75) is 18.9 Å². The van der Waals surface area contributed by atoms with E-state index in [0.717, 1.165) is 25.2 Å². The van der Waals surface area contributed by atoms with Gasteiger partial charge in [-0.15, -0.1) is 0 Å². The van der Waals surface area contributed by atoms with Gasteiger partial charge >= 0.3 is 0 Å². The molecule has 0 saturated heterocycles. The average molecular weight is 227 g/mol. The van der Waals surface area contributed by atoms with Gasteiger partial charge in [0.2, 0.25) is 0 Å². The molecule has 0 fully saturated rings. The number of imidazole rings is 1. The zero-order valence-corrected chi connectivity index (χ0v) is 10.1. The molecule has 2 heterocycles. The van der Waals surface area contributed by atoms with Crippen LogP contribution in [0.1, 0.15) is 23.0 Å². The van der Waals surface area contributed by atoms with Gasteiger partial charge in [0.05, 0.1) is 0 Å². The van der Waals surface area contributed by atoms with E-state index in [9.17, 15) is 0 Å². The maximum atomic E-state index is 4.41. The summed E-state index contributed by atoms with van der Waals surface area (Å²) < 4.78 is 2.10. The largest absolute Gasteiger partial charge is 0.338 e. The number of nitrogens with one attached hydrogen (secondary N) is 1. The first kappa shape index (κ1) is 10.5. The minimum atomic E-state index is 0.404. The topological polar surface area (TPSA) is 29.9 Å². The molecule has 1 atom stereocenters. The van der Waals surface area contributed by atoms with Crippen molar-refractivity contribution in [2.75, 3.05) is 6.54 Å². The Labute approximate surface area is 101 Å². The number of hydrogen-bond acceptors (Lipinski definition) is 2. The molecule has 17 heavy (non-hydrogen) atoms. The highest BCUT2D eigenvalue weighted by molar-refractivity contribution is 5.32. The molecule has 3 nitrogen and oxygen atoms in total. The van der Waals surface area contributed by atoms with Gasteiger partial charge < -0.3 is 9.88 Å². The first-order valence-electron chi connectivity index (χ1n) is 6.12. The van der Waals surface area contributed by atoms with Crippen LogP contribution in [0.25, 0.3) is 0 Å². The van der Waals surface area contributed by atoms with E-state index in [0.29, 0.717) is 6.04 Å². The zero-order chi connectivity index (χ0) is 11.7. The molecule has 0 amide bonds. The third kappa shape index (κ3) is 1.98. The molecule has 3 heteroatoms. The highest BCUT2D eigenvalue weighted by Gasteiger charge is 2.20. The van der Waals surface area contributed by atoms with Crippen molar-refractivity contribution in [3.05, 3.63) is 53.6 Å². The van der Waals surface area contributed by atoms with E-state index in [1.807, 2.05) is 12.4 Å². The molecule has 0 spiro atoms. The van der Waals surface area contributed by atoms with E-state index in [4.69, 9.17) is 0 Å². The van der Waals surface area contributed by atoms with Crippen LogP contribution < -0.4 is 5.32 Å². The lowest BCUT2D eigenvalue weighted by Crippen LogP contribution is -2.31. The van der Waals surface area contributed by atoms with E-state index in [2.05, 4.69) is 46.2 Å². The molecule has 2 aromatic rings. The van der Waals surface area contributed by atoms with Crippen LogP contribution in [0.2, 0.25) is 0 Å². The van der Waals surface area contributed by atoms with Gasteiger partial charge in [0.25, 0.3) is 0 Å². The fourth-order valence-electron chi connectivity index (χ4n) is 2.55. The Morgan fingerprint density at radius 3 is 3.12 bits per heavy atom. The number of benzene rings is 1. The van der Waals surface area contributed by atoms with Gasteiger partial charge in [0.1, 0.15) is 5.82 Å². The Bertz CT molecular complexity index is 516. The minimum Gasteiger partial charge on any atom is -0.338 e. The maximum Gasteiger partial charge on any atom is 0.110 e. The predicted octanol–water partition coefficient (Wildman–Crippen LogP) is 1.85. The number of aromatic nitrogens is 2. The molecule has 1 aromatic heterocycles. The fraction of sp³-hybridized carbons (Fsp3) is 0.357. The molecule has 88 valence electrons. The molecule has 0 bridgehead atoms. The van der Waals surface area contributed by atoms with Crippen molar-refractivity contribution in [1.29, 1.82) is 0 Å². The summed E-state index contributed by atoms with van der Waals surface area (Å²) in [7, 11) is 2.05. The van der Waals surface area contributed by atoms with Crippen LogP contribution in [0.5, 0.6) is 0 Å². The lowest BCUT2D eigenvalue weighted by Gasteiger charge is -2.26. The molecule has 1 aliphatic rings. The second kappa shape index (κ2) is 4.34. The molecule has 3 rings (SSSR count). The first-order valence-corrected chi connectivity index (χ1v) is 6.12. The van der Waals surface area contributed by atoms with Crippen LogP contribution in [0, 0.1) is 0 Å². The van der Waals surface area contributed by atoms with Crippen LogP contribution in [0.15, 0.2) is 36.7 Å². The van der Waals surface area contributed by atoms with Crippen LogP contribution in [-0.2, 0) is 19.9 Å². The van der Waals surface area contributed by atoms with E-state index in [1.165, 1.54) is 11.1 Å². The molecule has 0 radical (unpaired) electrons. The summed E-state index contributed by atoms with van der Waals surface area (Å²) in [6, 6.07) is 9.12. The van der Waals surface area contributed by atoms with Crippen molar-refractivity contribution in [3.63, 3.8) is 0 Å². The fourth-order valence-corrected chi connectivity index (χ4v) is 2.55. The second-order valence-electron chi connectivity index (χ2n) is 4.61. The van der Waals surface area contributed by atoms with Crippen LogP contribution in [-0.4, -0.2) is 16.1 Å². The molecule has 0 saturated carbocycles. The lowest BCUT2D eigenvalue weighted by atomic mass is 9.92. The van der Waals surface area contributed by atoms with Crippen LogP contribution in [0.4, 0.5) is 0 Å². The summed E-state index contributed by atoms with van der Waals surface area (Å²) >= 11 is 0. The lowest BCUT2D eigenvalue weighted by molar-refractivity contribution is 0.488. The van der Waals surface area contributed by atoms with E-state index in [1.54, 1.807) is 0 Å². The molecule has 0 aliphatic carbocycles. The normalized spacial score (nSPS) is 19.0. The molecular formula is C14H17N3. The summed E-state index contributed by atoms with van der Waals surface area (Å²) in [5.41, 5.74) is 2.91. The average Bonchev–Trinajstić information content (AvgIpc) is 2.76. The summed E-state index contributed by atoms with van der Waals surface area (Å²) in [4.78, 5) is 4.41.